The summed E-state index contributed by atoms with van der Waals surface area (Å²) < 4.78 is 5.45. The average molecular weight is 497 g/mol. The standard InChI is InChI=1S/C21H31N5O.HI/c1-3-22-21(26(2)12-9-17-10-13-27-14-11-17)24-16-20-23-15-19(25-20)18-7-5-4-6-8-18;/h4-8,15,17H,3,9-14,16H2,1-2H3,(H,22,24)(H,23,25);1H. The maximum Gasteiger partial charge on any atom is 0.194 e. The summed E-state index contributed by atoms with van der Waals surface area (Å²) in [5.41, 5.74) is 2.17. The lowest BCUT2D eigenvalue weighted by molar-refractivity contribution is 0.0625. The fourth-order valence-corrected chi connectivity index (χ4v) is 3.34. The SMILES string of the molecule is CCNC(=NCc1ncc(-c2ccccc2)[nH]1)N(C)CCC1CCOCC1.I. The molecule has 0 amide bonds. The van der Waals surface area contributed by atoms with Gasteiger partial charge in [-0.1, -0.05) is 30.3 Å². The van der Waals surface area contributed by atoms with E-state index < -0.39 is 0 Å². The number of rotatable bonds is 7. The normalized spacial score (nSPS) is 15.1. The van der Waals surface area contributed by atoms with E-state index in [2.05, 4.69) is 46.3 Å². The fraction of sp³-hybridized carbons (Fsp3) is 0.524. The van der Waals surface area contributed by atoms with Crippen molar-refractivity contribution in [3.8, 4) is 11.3 Å². The highest BCUT2D eigenvalue weighted by molar-refractivity contribution is 14.0. The number of halogens is 1. The number of aromatic nitrogens is 2. The Kier molecular flexibility index (Phi) is 9.77. The molecule has 1 aromatic carbocycles. The molecule has 3 rings (SSSR count). The van der Waals surface area contributed by atoms with Crippen molar-refractivity contribution < 1.29 is 4.74 Å². The molecule has 0 bridgehead atoms. The molecule has 0 unspecified atom stereocenters. The van der Waals surface area contributed by atoms with Crippen LogP contribution >= 0.6 is 24.0 Å². The molecule has 2 N–H and O–H groups in total. The van der Waals surface area contributed by atoms with Crippen molar-refractivity contribution in [2.24, 2.45) is 10.9 Å². The first kappa shape index (κ1) is 22.7. The van der Waals surface area contributed by atoms with Gasteiger partial charge in [0, 0.05) is 33.4 Å². The number of nitrogens with zero attached hydrogens (tertiary/aromatic N) is 3. The predicted molar refractivity (Wildman–Crippen MR) is 125 cm³/mol. The van der Waals surface area contributed by atoms with E-state index in [9.17, 15) is 0 Å². The molecule has 0 saturated carbocycles. The Morgan fingerprint density at radius 3 is 2.75 bits per heavy atom. The lowest BCUT2D eigenvalue weighted by Crippen LogP contribution is -2.40. The third-order valence-corrected chi connectivity index (χ3v) is 5.00. The van der Waals surface area contributed by atoms with E-state index in [1.807, 2.05) is 24.4 Å². The summed E-state index contributed by atoms with van der Waals surface area (Å²) in [6.07, 6.45) is 5.41. The molecule has 2 aromatic rings. The van der Waals surface area contributed by atoms with Gasteiger partial charge in [-0.25, -0.2) is 9.98 Å². The summed E-state index contributed by atoms with van der Waals surface area (Å²) in [6.45, 7) is 6.31. The summed E-state index contributed by atoms with van der Waals surface area (Å²) >= 11 is 0. The molecule has 2 heterocycles. The van der Waals surface area contributed by atoms with Gasteiger partial charge in [-0.3, -0.25) is 0 Å². The number of aromatic amines is 1. The van der Waals surface area contributed by atoms with E-state index in [0.29, 0.717) is 6.54 Å². The maximum absolute atomic E-state index is 5.45. The van der Waals surface area contributed by atoms with Crippen LogP contribution in [0.25, 0.3) is 11.3 Å². The molecule has 28 heavy (non-hydrogen) atoms. The molecule has 0 spiro atoms. The minimum absolute atomic E-state index is 0. The number of guanidine groups is 1. The number of hydrogen-bond donors (Lipinski definition) is 2. The molecule has 0 atom stereocenters. The predicted octanol–water partition coefficient (Wildman–Crippen LogP) is 3.91. The molecule has 154 valence electrons. The van der Waals surface area contributed by atoms with E-state index in [-0.39, 0.29) is 24.0 Å². The second-order valence-electron chi connectivity index (χ2n) is 7.05. The number of ether oxygens (including phenoxy) is 1. The number of imidazole rings is 1. The number of benzene rings is 1. The minimum Gasteiger partial charge on any atom is -0.381 e. The van der Waals surface area contributed by atoms with Gasteiger partial charge in [-0.2, -0.15) is 0 Å². The average Bonchev–Trinajstić information content (AvgIpc) is 3.20. The first-order valence-electron chi connectivity index (χ1n) is 9.92. The van der Waals surface area contributed by atoms with Crippen LogP contribution in [0, 0.1) is 5.92 Å². The van der Waals surface area contributed by atoms with E-state index >= 15 is 0 Å². The summed E-state index contributed by atoms with van der Waals surface area (Å²) in [4.78, 5) is 14.8. The molecule has 0 aliphatic carbocycles. The van der Waals surface area contributed by atoms with Crippen LogP contribution in [0.2, 0.25) is 0 Å². The first-order chi connectivity index (χ1) is 13.3. The third kappa shape index (κ3) is 6.77. The van der Waals surface area contributed by atoms with Crippen LogP contribution in [0.4, 0.5) is 0 Å². The second-order valence-corrected chi connectivity index (χ2v) is 7.05. The van der Waals surface area contributed by atoms with Crippen LogP contribution in [0.5, 0.6) is 0 Å². The highest BCUT2D eigenvalue weighted by Crippen LogP contribution is 2.19. The monoisotopic (exact) mass is 497 g/mol. The van der Waals surface area contributed by atoms with Crippen LogP contribution in [0.1, 0.15) is 32.0 Å². The second kappa shape index (κ2) is 12.1. The Bertz CT molecular complexity index is 713. The summed E-state index contributed by atoms with van der Waals surface area (Å²) in [6, 6.07) is 10.2. The number of aliphatic imine (C=N–C) groups is 1. The highest BCUT2D eigenvalue weighted by atomic mass is 127. The number of hydrogen-bond acceptors (Lipinski definition) is 3. The smallest absolute Gasteiger partial charge is 0.194 e. The lowest BCUT2D eigenvalue weighted by Gasteiger charge is -2.26. The molecule has 1 saturated heterocycles. The summed E-state index contributed by atoms with van der Waals surface area (Å²) in [5.74, 6) is 2.58. The van der Waals surface area contributed by atoms with E-state index in [0.717, 1.165) is 55.3 Å². The van der Waals surface area contributed by atoms with Gasteiger partial charge in [0.15, 0.2) is 5.96 Å². The molecule has 1 aromatic heterocycles. The molecular formula is C21H32IN5O. The Morgan fingerprint density at radius 2 is 2.04 bits per heavy atom. The van der Waals surface area contributed by atoms with Crippen molar-refractivity contribution in [2.45, 2.75) is 32.7 Å². The maximum atomic E-state index is 5.45. The van der Waals surface area contributed by atoms with Crippen molar-refractivity contribution in [3.63, 3.8) is 0 Å². The van der Waals surface area contributed by atoms with E-state index in [4.69, 9.17) is 9.73 Å². The number of nitrogens with one attached hydrogen (secondary N) is 2. The fourth-order valence-electron chi connectivity index (χ4n) is 3.34. The summed E-state index contributed by atoms with van der Waals surface area (Å²) in [7, 11) is 2.11. The van der Waals surface area contributed by atoms with Gasteiger partial charge in [-0.15, -0.1) is 24.0 Å². The molecular weight excluding hydrogens is 465 g/mol. The van der Waals surface area contributed by atoms with Crippen LogP contribution < -0.4 is 5.32 Å². The van der Waals surface area contributed by atoms with Crippen molar-refractivity contribution in [3.05, 3.63) is 42.4 Å². The molecule has 7 heteroatoms. The molecule has 1 aliphatic heterocycles. The zero-order valence-electron chi connectivity index (χ0n) is 16.9. The molecule has 6 nitrogen and oxygen atoms in total. The zero-order valence-corrected chi connectivity index (χ0v) is 19.2. The van der Waals surface area contributed by atoms with Crippen molar-refractivity contribution >= 4 is 29.9 Å². The molecule has 1 aliphatic rings. The Labute approximate surface area is 185 Å². The highest BCUT2D eigenvalue weighted by Gasteiger charge is 2.15. The van der Waals surface area contributed by atoms with Gasteiger partial charge in [0.1, 0.15) is 12.4 Å². The van der Waals surface area contributed by atoms with Crippen LogP contribution in [0.15, 0.2) is 41.5 Å². The molecule has 1 fully saturated rings. The minimum atomic E-state index is 0. The quantitative estimate of drug-likeness (QED) is 0.346. The van der Waals surface area contributed by atoms with Gasteiger partial charge in [0.25, 0.3) is 0 Å². The van der Waals surface area contributed by atoms with Crippen molar-refractivity contribution in [2.75, 3.05) is 33.4 Å². The van der Waals surface area contributed by atoms with Gasteiger partial charge < -0.3 is 19.9 Å². The third-order valence-electron chi connectivity index (χ3n) is 5.00. The topological polar surface area (TPSA) is 65.5 Å². The van der Waals surface area contributed by atoms with Crippen LogP contribution in [-0.4, -0.2) is 54.2 Å². The van der Waals surface area contributed by atoms with Gasteiger partial charge in [-0.05, 0) is 37.7 Å². The zero-order chi connectivity index (χ0) is 18.9. The Hall–Kier alpha value is -1.61. The van der Waals surface area contributed by atoms with E-state index in [1.54, 1.807) is 0 Å². The first-order valence-corrected chi connectivity index (χ1v) is 9.92. The van der Waals surface area contributed by atoms with Crippen LogP contribution in [0.3, 0.4) is 0 Å². The Balaban J connectivity index is 0.00000280. The largest absolute Gasteiger partial charge is 0.381 e. The van der Waals surface area contributed by atoms with Crippen molar-refractivity contribution in [1.29, 1.82) is 0 Å². The van der Waals surface area contributed by atoms with Gasteiger partial charge in [0.2, 0.25) is 0 Å². The molecule has 0 radical (unpaired) electrons. The number of H-pyrrole nitrogens is 1. The van der Waals surface area contributed by atoms with E-state index in [1.165, 1.54) is 19.3 Å². The van der Waals surface area contributed by atoms with Crippen molar-refractivity contribution in [1.82, 2.24) is 20.2 Å². The van der Waals surface area contributed by atoms with Gasteiger partial charge in [0.05, 0.1) is 11.9 Å². The van der Waals surface area contributed by atoms with Crippen LogP contribution in [-0.2, 0) is 11.3 Å². The summed E-state index contributed by atoms with van der Waals surface area (Å²) in [5, 5.41) is 3.39. The Morgan fingerprint density at radius 1 is 1.29 bits per heavy atom. The van der Waals surface area contributed by atoms with Gasteiger partial charge >= 0.3 is 0 Å². The lowest BCUT2D eigenvalue weighted by atomic mass is 9.96.